The van der Waals surface area contributed by atoms with Gasteiger partial charge in [0, 0.05) is 18.3 Å². The van der Waals surface area contributed by atoms with Crippen LogP contribution in [-0.2, 0) is 0 Å². The summed E-state index contributed by atoms with van der Waals surface area (Å²) in [4.78, 5) is 15.2. The molecule has 1 aromatic heterocycles. The van der Waals surface area contributed by atoms with Gasteiger partial charge in [-0.3, -0.25) is 0 Å². The molecule has 0 fully saturated rings. The highest BCUT2D eigenvalue weighted by molar-refractivity contribution is 7.82. The largest absolute Gasteiger partial charge is 0.494 e. The molecule has 0 saturated heterocycles. The summed E-state index contributed by atoms with van der Waals surface area (Å²) in [7, 11) is 0. The number of urea groups is 1. The van der Waals surface area contributed by atoms with E-state index in [-0.39, 0.29) is 0 Å². The molecule has 0 radical (unpaired) electrons. The Morgan fingerprint density at radius 2 is 1.88 bits per heavy atom. The molecule has 128 valence electrons. The zero-order valence-electron chi connectivity index (χ0n) is 13.3. The Morgan fingerprint density at radius 3 is 2.58 bits per heavy atom. The van der Waals surface area contributed by atoms with Crippen molar-refractivity contribution in [1.29, 1.82) is 0 Å². The Balaban J connectivity index is 1.62. The maximum Gasteiger partial charge on any atom is 0.329 e. The first-order chi connectivity index (χ1) is 11.7. The van der Waals surface area contributed by atoms with Crippen molar-refractivity contribution >= 4 is 24.5 Å². The lowest BCUT2D eigenvalue weighted by Crippen LogP contribution is -2.27. The highest BCUT2D eigenvalue weighted by Gasteiger charge is 2.08. The Bertz CT molecular complexity index is 640. The zero-order valence-corrected chi connectivity index (χ0v) is 14.2. The number of aromatic nitrogens is 1. The molecule has 6 nitrogen and oxygen atoms in total. The Labute approximate surface area is 147 Å². The number of anilines is 1. The molecule has 2 aromatic rings. The number of unbranched alkanes of at least 4 members (excludes halogenated alkanes) is 2. The van der Waals surface area contributed by atoms with Crippen LogP contribution in [0.5, 0.6) is 11.6 Å². The van der Waals surface area contributed by atoms with Gasteiger partial charge in [-0.2, -0.15) is 0 Å². The fourth-order valence-electron chi connectivity index (χ4n) is 2.01. The van der Waals surface area contributed by atoms with E-state index in [1.807, 2.05) is 24.3 Å². The van der Waals surface area contributed by atoms with Gasteiger partial charge in [0.05, 0.1) is 18.9 Å². The quantitative estimate of drug-likeness (QED) is 0.538. The highest BCUT2D eigenvalue weighted by atomic mass is 32.1. The van der Waals surface area contributed by atoms with Gasteiger partial charge in [-0.25, -0.2) is 14.1 Å². The number of carbonyl (C=O) groups excluding carboxylic acids is 1. The third-order valence-electron chi connectivity index (χ3n) is 3.22. The second-order valence-electron chi connectivity index (χ2n) is 5.07. The molecule has 0 spiro atoms. The third-order valence-corrected chi connectivity index (χ3v) is 3.64. The highest BCUT2D eigenvalue weighted by Crippen LogP contribution is 2.22. The van der Waals surface area contributed by atoms with Crippen molar-refractivity contribution in [2.75, 3.05) is 17.5 Å². The standard InChI is InChI=1S/C17H21N3O3S/c18-17(21)20(24)14-7-6-8-15(13-14)22-11-4-1-5-12-23-16-9-2-3-10-19-16/h2-3,6-10,13,24H,1,4-5,11-12H2,(H2,18,21). The fourth-order valence-corrected chi connectivity index (χ4v) is 2.14. The first-order valence-electron chi connectivity index (χ1n) is 7.72. The smallest absolute Gasteiger partial charge is 0.329 e. The van der Waals surface area contributed by atoms with Gasteiger partial charge in [-0.15, -0.1) is 0 Å². The predicted molar refractivity (Wildman–Crippen MR) is 96.6 cm³/mol. The topological polar surface area (TPSA) is 77.7 Å². The molecule has 0 aliphatic rings. The van der Waals surface area contributed by atoms with E-state index in [4.69, 9.17) is 15.2 Å². The SMILES string of the molecule is NC(=O)N(S)c1cccc(OCCCCCOc2ccccn2)c1. The van der Waals surface area contributed by atoms with Crippen molar-refractivity contribution in [3.05, 3.63) is 48.7 Å². The lowest BCUT2D eigenvalue weighted by molar-refractivity contribution is 0.257. The number of rotatable bonds is 9. The molecule has 0 bridgehead atoms. The minimum Gasteiger partial charge on any atom is -0.494 e. The van der Waals surface area contributed by atoms with E-state index < -0.39 is 6.03 Å². The van der Waals surface area contributed by atoms with Crippen LogP contribution in [-0.4, -0.2) is 24.2 Å². The van der Waals surface area contributed by atoms with Crippen LogP contribution in [0, 0.1) is 0 Å². The van der Waals surface area contributed by atoms with Gasteiger partial charge in [-0.1, -0.05) is 24.9 Å². The maximum absolute atomic E-state index is 11.1. The number of nitrogens with two attached hydrogens (primary N) is 1. The van der Waals surface area contributed by atoms with Crippen LogP contribution < -0.4 is 19.5 Å². The number of primary amides is 1. The summed E-state index contributed by atoms with van der Waals surface area (Å²) >= 11 is 4.02. The summed E-state index contributed by atoms with van der Waals surface area (Å²) in [6.07, 6.45) is 4.55. The lowest BCUT2D eigenvalue weighted by atomic mass is 10.2. The van der Waals surface area contributed by atoms with Crippen LogP contribution in [0.25, 0.3) is 0 Å². The summed E-state index contributed by atoms with van der Waals surface area (Å²) in [5.41, 5.74) is 5.76. The van der Waals surface area contributed by atoms with Crippen molar-refractivity contribution < 1.29 is 14.3 Å². The molecule has 24 heavy (non-hydrogen) atoms. The molecule has 2 rings (SSSR count). The van der Waals surface area contributed by atoms with Gasteiger partial charge >= 0.3 is 6.03 Å². The molecule has 1 heterocycles. The molecular weight excluding hydrogens is 326 g/mol. The molecule has 0 aliphatic carbocycles. The Hall–Kier alpha value is -2.41. The second-order valence-corrected chi connectivity index (χ2v) is 5.47. The molecule has 7 heteroatoms. The van der Waals surface area contributed by atoms with E-state index >= 15 is 0 Å². The van der Waals surface area contributed by atoms with Crippen LogP contribution in [0.15, 0.2) is 48.7 Å². The van der Waals surface area contributed by atoms with Gasteiger partial charge in [0.25, 0.3) is 0 Å². The molecular formula is C17H21N3O3S. The number of pyridine rings is 1. The monoisotopic (exact) mass is 347 g/mol. The Kier molecular flexibility index (Phi) is 7.22. The van der Waals surface area contributed by atoms with Gasteiger partial charge < -0.3 is 15.2 Å². The van der Waals surface area contributed by atoms with E-state index in [0.29, 0.717) is 30.5 Å². The van der Waals surface area contributed by atoms with Crippen LogP contribution in [0.3, 0.4) is 0 Å². The van der Waals surface area contributed by atoms with Crippen LogP contribution >= 0.6 is 12.8 Å². The number of hydrogen-bond donors (Lipinski definition) is 2. The summed E-state index contributed by atoms with van der Waals surface area (Å²) < 4.78 is 12.3. The van der Waals surface area contributed by atoms with Crippen LogP contribution in [0.4, 0.5) is 10.5 Å². The number of thiol groups is 1. The number of carbonyl (C=O) groups is 1. The third kappa shape index (κ3) is 6.00. The predicted octanol–water partition coefficient (Wildman–Crippen LogP) is 3.44. The van der Waals surface area contributed by atoms with Crippen molar-refractivity contribution in [2.45, 2.75) is 19.3 Å². The average Bonchev–Trinajstić information content (AvgIpc) is 2.61. The summed E-state index contributed by atoms with van der Waals surface area (Å²) in [5.74, 6) is 1.33. The Morgan fingerprint density at radius 1 is 1.08 bits per heavy atom. The van der Waals surface area contributed by atoms with Crippen molar-refractivity contribution in [3.63, 3.8) is 0 Å². The van der Waals surface area contributed by atoms with Crippen LogP contribution in [0.2, 0.25) is 0 Å². The molecule has 0 saturated carbocycles. The number of nitrogens with zero attached hydrogens (tertiary/aromatic N) is 2. The second kappa shape index (κ2) is 9.67. The normalized spacial score (nSPS) is 10.2. The maximum atomic E-state index is 11.1. The fraction of sp³-hybridized carbons (Fsp3) is 0.294. The molecule has 0 atom stereocenters. The number of ether oxygens (including phenoxy) is 2. The van der Waals surface area contributed by atoms with Gasteiger partial charge in [0.1, 0.15) is 5.75 Å². The molecule has 2 amide bonds. The number of hydrogen-bond acceptors (Lipinski definition) is 5. The summed E-state index contributed by atoms with van der Waals surface area (Å²) in [5, 5.41) is 0. The summed E-state index contributed by atoms with van der Waals surface area (Å²) in [6.45, 7) is 1.23. The number of amides is 2. The first-order valence-corrected chi connectivity index (χ1v) is 8.12. The lowest BCUT2D eigenvalue weighted by Gasteiger charge is -2.14. The molecule has 2 N–H and O–H groups in total. The first kappa shape index (κ1) is 17.9. The van der Waals surface area contributed by atoms with Crippen LogP contribution in [0.1, 0.15) is 19.3 Å². The van der Waals surface area contributed by atoms with E-state index in [1.165, 1.54) is 0 Å². The van der Waals surface area contributed by atoms with Gasteiger partial charge in [-0.05, 0) is 37.5 Å². The minimum absolute atomic E-state index is 0.576. The summed E-state index contributed by atoms with van der Waals surface area (Å²) in [6, 6.07) is 12.0. The van der Waals surface area contributed by atoms with E-state index in [0.717, 1.165) is 23.6 Å². The molecule has 1 aromatic carbocycles. The van der Waals surface area contributed by atoms with Crippen molar-refractivity contribution in [1.82, 2.24) is 4.98 Å². The van der Waals surface area contributed by atoms with Crippen molar-refractivity contribution in [3.8, 4) is 11.6 Å². The molecule has 0 aliphatic heterocycles. The van der Waals surface area contributed by atoms with E-state index in [2.05, 4.69) is 17.8 Å². The molecule has 0 unspecified atom stereocenters. The van der Waals surface area contributed by atoms with E-state index in [1.54, 1.807) is 24.4 Å². The zero-order chi connectivity index (χ0) is 17.2. The average molecular weight is 347 g/mol. The van der Waals surface area contributed by atoms with E-state index in [9.17, 15) is 4.79 Å². The van der Waals surface area contributed by atoms with Crippen molar-refractivity contribution in [2.24, 2.45) is 5.73 Å². The minimum atomic E-state index is -0.636. The van der Waals surface area contributed by atoms with Gasteiger partial charge in [0.15, 0.2) is 0 Å². The number of benzene rings is 1. The van der Waals surface area contributed by atoms with Gasteiger partial charge in [0.2, 0.25) is 5.88 Å².